The van der Waals surface area contributed by atoms with Gasteiger partial charge < -0.3 is 9.64 Å². The molecule has 1 aliphatic carbocycles. The van der Waals surface area contributed by atoms with E-state index in [-0.39, 0.29) is 22.3 Å². The first-order valence-electron chi connectivity index (χ1n) is 10.9. The quantitative estimate of drug-likeness (QED) is 0.771. The second-order valence-electron chi connectivity index (χ2n) is 9.98. The van der Waals surface area contributed by atoms with Crippen LogP contribution in [0.3, 0.4) is 0 Å². The third-order valence-corrected chi connectivity index (χ3v) is 7.49. The lowest BCUT2D eigenvalue weighted by molar-refractivity contribution is -0.0966. The number of nitrogens with zero attached hydrogens (tertiary/aromatic N) is 4. The van der Waals surface area contributed by atoms with E-state index in [1.54, 1.807) is 13.1 Å². The van der Waals surface area contributed by atoms with Crippen LogP contribution in [-0.2, 0) is 11.8 Å². The summed E-state index contributed by atoms with van der Waals surface area (Å²) in [5, 5.41) is 5.57. The Kier molecular flexibility index (Phi) is 4.52. The summed E-state index contributed by atoms with van der Waals surface area (Å²) < 4.78 is 6.80. The van der Waals surface area contributed by atoms with Gasteiger partial charge in [-0.25, -0.2) is 4.68 Å². The van der Waals surface area contributed by atoms with E-state index in [4.69, 9.17) is 4.74 Å². The summed E-state index contributed by atoms with van der Waals surface area (Å²) >= 11 is 0. The first-order valence-corrected chi connectivity index (χ1v) is 10.9. The van der Waals surface area contributed by atoms with E-state index in [0.29, 0.717) is 22.4 Å². The van der Waals surface area contributed by atoms with Crippen LogP contribution in [0.25, 0.3) is 10.8 Å². The number of fused-ring (bicyclic) bond motifs is 2. The van der Waals surface area contributed by atoms with Crippen LogP contribution in [0.4, 0.5) is 0 Å². The van der Waals surface area contributed by atoms with Crippen LogP contribution in [0, 0.1) is 16.7 Å². The van der Waals surface area contributed by atoms with Gasteiger partial charge >= 0.3 is 0 Å². The molecule has 3 heterocycles. The van der Waals surface area contributed by atoms with Gasteiger partial charge in [-0.15, -0.1) is 0 Å². The van der Waals surface area contributed by atoms with Crippen molar-refractivity contribution in [2.45, 2.75) is 20.3 Å². The molecule has 3 fully saturated rings. The number of amides is 1. The number of carbonyl (C=O) groups excluding carboxylic acids is 1. The molecule has 30 heavy (non-hydrogen) atoms. The maximum absolute atomic E-state index is 13.6. The van der Waals surface area contributed by atoms with Gasteiger partial charge in [0.25, 0.3) is 11.5 Å². The Morgan fingerprint density at radius 3 is 2.60 bits per heavy atom. The number of aryl methyl sites for hydroxylation is 1. The maximum atomic E-state index is 13.6. The number of morpholine rings is 1. The van der Waals surface area contributed by atoms with E-state index >= 15 is 0 Å². The largest absolute Gasteiger partial charge is 0.379 e. The molecule has 0 bridgehead atoms. The minimum absolute atomic E-state index is 0.0617. The number of rotatable bonds is 3. The molecule has 3 aliphatic rings. The second-order valence-corrected chi connectivity index (χ2v) is 9.98. The summed E-state index contributed by atoms with van der Waals surface area (Å²) in [7, 11) is 1.61. The molecule has 160 valence electrons. The molecule has 5 rings (SSSR count). The molecule has 1 saturated carbocycles. The van der Waals surface area contributed by atoms with Crippen molar-refractivity contribution in [2.24, 2.45) is 23.8 Å². The Morgan fingerprint density at radius 1 is 1.20 bits per heavy atom. The molecule has 2 atom stereocenters. The molecular weight excluding hydrogens is 380 g/mol. The van der Waals surface area contributed by atoms with Gasteiger partial charge in [0.1, 0.15) is 0 Å². The molecule has 1 amide bonds. The normalized spacial score (nSPS) is 28.4. The van der Waals surface area contributed by atoms with Crippen LogP contribution in [0.5, 0.6) is 0 Å². The van der Waals surface area contributed by atoms with Crippen molar-refractivity contribution in [3.63, 3.8) is 0 Å². The second kappa shape index (κ2) is 6.89. The van der Waals surface area contributed by atoms with Crippen molar-refractivity contribution in [3.8, 4) is 0 Å². The van der Waals surface area contributed by atoms with E-state index in [1.807, 2.05) is 23.1 Å². The lowest BCUT2D eigenvalue weighted by Gasteiger charge is -2.58. The third kappa shape index (κ3) is 2.98. The highest BCUT2D eigenvalue weighted by Gasteiger charge is 2.63. The Morgan fingerprint density at radius 2 is 1.90 bits per heavy atom. The topological polar surface area (TPSA) is 67.7 Å². The summed E-state index contributed by atoms with van der Waals surface area (Å²) in [5.41, 5.74) is 0.592. The van der Waals surface area contributed by atoms with E-state index in [1.165, 1.54) is 4.68 Å². The molecule has 0 spiro atoms. The summed E-state index contributed by atoms with van der Waals surface area (Å²) in [6.45, 7) is 10.7. The van der Waals surface area contributed by atoms with Crippen LogP contribution in [0.2, 0.25) is 0 Å². The summed E-state index contributed by atoms with van der Waals surface area (Å²) in [6, 6.07) is 7.28. The minimum Gasteiger partial charge on any atom is -0.379 e. The van der Waals surface area contributed by atoms with E-state index < -0.39 is 0 Å². The molecule has 7 heteroatoms. The monoisotopic (exact) mass is 410 g/mol. The maximum Gasteiger partial charge on any atom is 0.274 e. The zero-order chi connectivity index (χ0) is 21.1. The number of aromatic nitrogens is 2. The fraction of sp³-hybridized carbons (Fsp3) is 0.609. The molecule has 1 aromatic heterocycles. The van der Waals surface area contributed by atoms with Crippen molar-refractivity contribution in [2.75, 3.05) is 45.9 Å². The van der Waals surface area contributed by atoms with Gasteiger partial charge in [0.2, 0.25) is 0 Å². The number of carbonyl (C=O) groups is 1. The van der Waals surface area contributed by atoms with Crippen LogP contribution in [0.15, 0.2) is 29.1 Å². The highest BCUT2D eigenvalue weighted by atomic mass is 16.5. The minimum atomic E-state index is -0.173. The lowest BCUT2D eigenvalue weighted by atomic mass is 9.48. The highest BCUT2D eigenvalue weighted by Crippen LogP contribution is 2.63. The SMILES string of the molecule is Cn1nc(C(=O)N2C[C@@H]3C(C)(C)C[C@]3(CN3CCOCC3)C2)c2ccccc2c1=O. The smallest absolute Gasteiger partial charge is 0.274 e. The predicted molar refractivity (Wildman–Crippen MR) is 114 cm³/mol. The van der Waals surface area contributed by atoms with Gasteiger partial charge in [-0.2, -0.15) is 5.10 Å². The Bertz CT molecular complexity index is 1060. The van der Waals surface area contributed by atoms with Gasteiger partial charge in [0, 0.05) is 50.6 Å². The molecule has 7 nitrogen and oxygen atoms in total. The zero-order valence-electron chi connectivity index (χ0n) is 18.1. The van der Waals surface area contributed by atoms with Gasteiger partial charge in [-0.1, -0.05) is 32.0 Å². The number of hydrogen-bond acceptors (Lipinski definition) is 5. The molecule has 2 saturated heterocycles. The molecule has 0 radical (unpaired) electrons. The van der Waals surface area contributed by atoms with Crippen LogP contribution >= 0.6 is 0 Å². The number of likely N-dealkylation sites (tertiary alicyclic amines) is 1. The fourth-order valence-corrected chi connectivity index (χ4v) is 6.31. The molecule has 2 aliphatic heterocycles. The van der Waals surface area contributed by atoms with Crippen molar-refractivity contribution in [3.05, 3.63) is 40.3 Å². The average Bonchev–Trinajstić information content (AvgIpc) is 3.05. The van der Waals surface area contributed by atoms with E-state index in [0.717, 1.165) is 52.4 Å². The van der Waals surface area contributed by atoms with Crippen molar-refractivity contribution in [1.29, 1.82) is 0 Å². The van der Waals surface area contributed by atoms with Crippen molar-refractivity contribution in [1.82, 2.24) is 19.6 Å². The molecule has 1 aromatic carbocycles. The van der Waals surface area contributed by atoms with E-state index in [9.17, 15) is 9.59 Å². The Balaban J connectivity index is 1.46. The predicted octanol–water partition coefficient (Wildman–Crippen LogP) is 1.75. The van der Waals surface area contributed by atoms with Crippen molar-refractivity contribution < 1.29 is 9.53 Å². The Hall–Kier alpha value is -2.25. The first kappa shape index (κ1) is 19.7. The molecule has 2 aromatic rings. The van der Waals surface area contributed by atoms with Crippen LogP contribution < -0.4 is 5.56 Å². The molecule has 0 N–H and O–H groups in total. The number of hydrogen-bond donors (Lipinski definition) is 0. The lowest BCUT2D eigenvalue weighted by Crippen LogP contribution is -2.59. The zero-order valence-corrected chi connectivity index (χ0v) is 18.1. The van der Waals surface area contributed by atoms with Crippen LogP contribution in [0.1, 0.15) is 30.8 Å². The van der Waals surface area contributed by atoms with Crippen molar-refractivity contribution >= 4 is 16.7 Å². The molecular formula is C23H30N4O3. The third-order valence-electron chi connectivity index (χ3n) is 7.49. The first-order chi connectivity index (χ1) is 14.3. The average molecular weight is 411 g/mol. The van der Waals surface area contributed by atoms with Gasteiger partial charge in [-0.3, -0.25) is 14.5 Å². The molecule has 0 unspecified atom stereocenters. The standard InChI is InChI=1S/C23H30N4O3/c1-22(2)13-23(14-26-8-10-30-11-9-26)15-27(12-18(22)23)21(29)19-16-6-4-5-7-17(16)20(28)25(3)24-19/h4-7,18H,8-15H2,1-3H3/t18-,23+/m1/s1. The highest BCUT2D eigenvalue weighted by molar-refractivity contribution is 6.04. The number of benzene rings is 1. The fourth-order valence-electron chi connectivity index (χ4n) is 6.31. The van der Waals surface area contributed by atoms with E-state index in [2.05, 4.69) is 23.8 Å². The van der Waals surface area contributed by atoms with Gasteiger partial charge in [0.15, 0.2) is 5.69 Å². The number of ether oxygens (including phenoxy) is 1. The van der Waals surface area contributed by atoms with Gasteiger partial charge in [-0.05, 0) is 23.8 Å². The van der Waals surface area contributed by atoms with Gasteiger partial charge in [0.05, 0.1) is 18.6 Å². The van der Waals surface area contributed by atoms with Crippen LogP contribution in [-0.4, -0.2) is 71.4 Å². The Labute approximate surface area is 176 Å². The summed E-state index contributed by atoms with van der Waals surface area (Å²) in [5.74, 6) is 0.420. The summed E-state index contributed by atoms with van der Waals surface area (Å²) in [4.78, 5) is 30.5. The summed E-state index contributed by atoms with van der Waals surface area (Å²) in [6.07, 6.45) is 1.13.